The third-order valence-electron chi connectivity index (χ3n) is 3.29. The zero-order valence-electron chi connectivity index (χ0n) is 12.9. The Morgan fingerprint density at radius 3 is 2.23 bits per heavy atom. The minimum Gasteiger partial charge on any atom is -0.383 e. The van der Waals surface area contributed by atoms with Crippen molar-refractivity contribution in [3.05, 3.63) is 65.0 Å². The van der Waals surface area contributed by atoms with Crippen LogP contribution in [0.25, 0.3) is 0 Å². The Balaban J connectivity index is 2.31. The zero-order chi connectivity index (χ0) is 19.5. The SMILES string of the molecule is O=C(NCC(F)(F)F)Nc1ccc(F)c(F)c1C(O)c1ccc(F)cc1. The van der Waals surface area contributed by atoms with Crippen molar-refractivity contribution in [1.29, 1.82) is 0 Å². The lowest BCUT2D eigenvalue weighted by molar-refractivity contribution is -0.122. The van der Waals surface area contributed by atoms with Crippen molar-refractivity contribution in [1.82, 2.24) is 5.32 Å². The molecular weight excluding hydrogens is 366 g/mol. The maximum atomic E-state index is 14.1. The number of hydrogen-bond acceptors (Lipinski definition) is 2. The second-order valence-electron chi connectivity index (χ2n) is 5.20. The van der Waals surface area contributed by atoms with E-state index in [9.17, 15) is 36.2 Å². The van der Waals surface area contributed by atoms with Crippen molar-refractivity contribution in [3.8, 4) is 0 Å². The van der Waals surface area contributed by atoms with Gasteiger partial charge >= 0.3 is 12.2 Å². The van der Waals surface area contributed by atoms with Crippen LogP contribution in [0, 0.1) is 17.5 Å². The number of carbonyl (C=O) groups excluding carboxylic acids is 1. The van der Waals surface area contributed by atoms with E-state index in [1.54, 1.807) is 0 Å². The molecule has 0 aromatic heterocycles. The summed E-state index contributed by atoms with van der Waals surface area (Å²) in [7, 11) is 0. The first-order chi connectivity index (χ1) is 12.1. The molecule has 2 aromatic carbocycles. The number of rotatable bonds is 4. The van der Waals surface area contributed by atoms with Crippen molar-refractivity contribution in [2.75, 3.05) is 11.9 Å². The molecule has 10 heteroatoms. The van der Waals surface area contributed by atoms with Gasteiger partial charge in [0.2, 0.25) is 0 Å². The van der Waals surface area contributed by atoms with E-state index in [0.717, 1.165) is 30.3 Å². The lowest BCUT2D eigenvalue weighted by Crippen LogP contribution is -2.37. The van der Waals surface area contributed by atoms with Crippen LogP contribution in [0.1, 0.15) is 17.2 Å². The van der Waals surface area contributed by atoms with Crippen LogP contribution in [0.2, 0.25) is 0 Å². The second-order valence-corrected chi connectivity index (χ2v) is 5.20. The van der Waals surface area contributed by atoms with Crippen LogP contribution < -0.4 is 10.6 Å². The Hall–Kier alpha value is -2.75. The summed E-state index contributed by atoms with van der Waals surface area (Å²) in [5.74, 6) is -3.48. The average molecular weight is 378 g/mol. The van der Waals surface area contributed by atoms with Crippen LogP contribution >= 0.6 is 0 Å². The summed E-state index contributed by atoms with van der Waals surface area (Å²) in [4.78, 5) is 11.5. The molecule has 0 bridgehead atoms. The molecule has 0 spiro atoms. The van der Waals surface area contributed by atoms with Gasteiger partial charge in [0.1, 0.15) is 18.5 Å². The van der Waals surface area contributed by atoms with E-state index in [4.69, 9.17) is 0 Å². The van der Waals surface area contributed by atoms with Gasteiger partial charge in [0.25, 0.3) is 0 Å². The molecule has 1 atom stereocenters. The zero-order valence-corrected chi connectivity index (χ0v) is 12.9. The highest BCUT2D eigenvalue weighted by molar-refractivity contribution is 5.90. The van der Waals surface area contributed by atoms with E-state index in [2.05, 4.69) is 0 Å². The number of aliphatic hydroxyl groups excluding tert-OH is 1. The molecule has 26 heavy (non-hydrogen) atoms. The van der Waals surface area contributed by atoms with E-state index < -0.39 is 53.6 Å². The normalized spacial score (nSPS) is 12.6. The first-order valence-electron chi connectivity index (χ1n) is 7.11. The van der Waals surface area contributed by atoms with E-state index in [0.29, 0.717) is 6.07 Å². The van der Waals surface area contributed by atoms with E-state index in [-0.39, 0.29) is 5.56 Å². The number of carbonyl (C=O) groups is 1. The monoisotopic (exact) mass is 378 g/mol. The number of benzene rings is 2. The van der Waals surface area contributed by atoms with Crippen molar-refractivity contribution in [2.24, 2.45) is 0 Å². The van der Waals surface area contributed by atoms with Crippen LogP contribution in [-0.4, -0.2) is 23.9 Å². The number of hydrogen-bond donors (Lipinski definition) is 3. The van der Waals surface area contributed by atoms with Gasteiger partial charge in [-0.25, -0.2) is 18.0 Å². The van der Waals surface area contributed by atoms with Gasteiger partial charge < -0.3 is 15.7 Å². The molecule has 2 rings (SSSR count). The lowest BCUT2D eigenvalue weighted by atomic mass is 9.99. The quantitative estimate of drug-likeness (QED) is 0.708. The van der Waals surface area contributed by atoms with Crippen molar-refractivity contribution >= 4 is 11.7 Å². The summed E-state index contributed by atoms with van der Waals surface area (Å²) in [6, 6.07) is 4.34. The van der Waals surface area contributed by atoms with Crippen LogP contribution in [0.4, 0.5) is 36.8 Å². The van der Waals surface area contributed by atoms with E-state index in [1.165, 1.54) is 5.32 Å². The van der Waals surface area contributed by atoms with Crippen LogP contribution in [0.5, 0.6) is 0 Å². The molecule has 3 N–H and O–H groups in total. The fraction of sp³-hybridized carbons (Fsp3) is 0.188. The molecule has 0 saturated carbocycles. The van der Waals surface area contributed by atoms with E-state index >= 15 is 0 Å². The topological polar surface area (TPSA) is 61.4 Å². The molecule has 4 nitrogen and oxygen atoms in total. The number of urea groups is 1. The molecule has 0 aliphatic carbocycles. The maximum absolute atomic E-state index is 14.1. The Morgan fingerprint density at radius 2 is 1.65 bits per heavy atom. The van der Waals surface area contributed by atoms with Gasteiger partial charge in [-0.2, -0.15) is 13.2 Å². The van der Waals surface area contributed by atoms with Crippen LogP contribution in [-0.2, 0) is 0 Å². The van der Waals surface area contributed by atoms with Crippen LogP contribution in [0.15, 0.2) is 36.4 Å². The number of aliphatic hydroxyl groups is 1. The number of alkyl halides is 3. The lowest BCUT2D eigenvalue weighted by Gasteiger charge is -2.18. The van der Waals surface area contributed by atoms with Gasteiger partial charge in [-0.1, -0.05) is 12.1 Å². The third kappa shape index (κ3) is 4.88. The number of amides is 2. The fourth-order valence-corrected chi connectivity index (χ4v) is 2.10. The molecule has 0 aliphatic rings. The molecular formula is C16H12F6N2O2. The summed E-state index contributed by atoms with van der Waals surface area (Å²) in [6.07, 6.45) is -6.47. The highest BCUT2D eigenvalue weighted by atomic mass is 19.4. The fourth-order valence-electron chi connectivity index (χ4n) is 2.10. The van der Waals surface area contributed by atoms with Crippen molar-refractivity contribution in [3.63, 3.8) is 0 Å². The van der Waals surface area contributed by atoms with E-state index in [1.807, 2.05) is 5.32 Å². The van der Waals surface area contributed by atoms with Gasteiger partial charge in [-0.05, 0) is 29.8 Å². The average Bonchev–Trinajstić information content (AvgIpc) is 2.56. The largest absolute Gasteiger partial charge is 0.405 e. The smallest absolute Gasteiger partial charge is 0.383 e. The Kier molecular flexibility index (Phi) is 5.76. The third-order valence-corrected chi connectivity index (χ3v) is 3.29. The minimum absolute atomic E-state index is 0.0188. The van der Waals surface area contributed by atoms with Crippen LogP contribution in [0.3, 0.4) is 0 Å². The predicted octanol–water partition coefficient (Wildman–Crippen LogP) is 3.87. The van der Waals surface area contributed by atoms with Gasteiger partial charge in [-0.15, -0.1) is 0 Å². The standard InChI is InChI=1S/C16H12F6N2O2/c17-9-3-1-8(2-4-9)14(25)12-11(6-5-10(18)13(12)19)24-15(26)23-7-16(20,21)22/h1-6,14,25H,7H2,(H2,23,24,26). The molecule has 0 aliphatic heterocycles. The summed E-state index contributed by atoms with van der Waals surface area (Å²) in [6.45, 7) is -1.64. The van der Waals surface area contributed by atoms with Crippen molar-refractivity contribution in [2.45, 2.75) is 12.3 Å². The van der Waals surface area contributed by atoms with Gasteiger partial charge in [0, 0.05) is 5.56 Å². The van der Waals surface area contributed by atoms with Crippen molar-refractivity contribution < 1.29 is 36.2 Å². The molecule has 2 amide bonds. The summed E-state index contributed by atoms with van der Waals surface area (Å²) >= 11 is 0. The molecule has 0 saturated heterocycles. The molecule has 0 fully saturated rings. The molecule has 140 valence electrons. The highest BCUT2D eigenvalue weighted by Crippen LogP contribution is 2.32. The number of nitrogens with one attached hydrogen (secondary N) is 2. The summed E-state index contributed by atoms with van der Waals surface area (Å²) in [5.41, 5.74) is -1.17. The van der Waals surface area contributed by atoms with Gasteiger partial charge in [-0.3, -0.25) is 0 Å². The Labute approximate surface area is 143 Å². The Morgan fingerprint density at radius 1 is 1.04 bits per heavy atom. The first kappa shape index (κ1) is 19.6. The first-order valence-corrected chi connectivity index (χ1v) is 7.11. The molecule has 2 aromatic rings. The summed E-state index contributed by atoms with van der Waals surface area (Å²) in [5, 5.41) is 13.7. The van der Waals surface area contributed by atoms with Gasteiger partial charge in [0.15, 0.2) is 11.6 Å². The minimum atomic E-state index is -4.66. The number of anilines is 1. The highest BCUT2D eigenvalue weighted by Gasteiger charge is 2.28. The second kappa shape index (κ2) is 7.65. The predicted molar refractivity (Wildman–Crippen MR) is 79.9 cm³/mol. The van der Waals surface area contributed by atoms with Gasteiger partial charge in [0.05, 0.1) is 5.69 Å². The summed E-state index contributed by atoms with van der Waals surface area (Å²) < 4.78 is 76.9. The molecule has 0 heterocycles. The number of halogens is 6. The molecule has 0 radical (unpaired) electrons. The Bertz CT molecular complexity index is 793. The molecule has 1 unspecified atom stereocenters. The maximum Gasteiger partial charge on any atom is 0.405 e.